The summed E-state index contributed by atoms with van der Waals surface area (Å²) in [6.07, 6.45) is 2.97. The van der Waals surface area contributed by atoms with Crippen LogP contribution in [-0.4, -0.2) is 55.8 Å². The molecule has 3 rings (SSSR count). The Balaban J connectivity index is 1.64. The molecular weight excluding hydrogens is 486 g/mol. The monoisotopic (exact) mass is 515 g/mol. The smallest absolute Gasteiger partial charge is 0.410 e. The number of nitrogens with zero attached hydrogens (tertiary/aromatic N) is 2. The van der Waals surface area contributed by atoms with Gasteiger partial charge in [0.05, 0.1) is 12.8 Å². The molecule has 7 nitrogen and oxygen atoms in total. The van der Waals surface area contributed by atoms with E-state index in [1.807, 2.05) is 63.2 Å². The van der Waals surface area contributed by atoms with Crippen LogP contribution in [-0.2, 0) is 9.53 Å². The number of hydrogen-bond acceptors (Lipinski definition) is 5. The summed E-state index contributed by atoms with van der Waals surface area (Å²) >= 11 is 3.40. The van der Waals surface area contributed by atoms with Gasteiger partial charge in [-0.25, -0.2) is 4.79 Å². The number of carbonyl (C=O) groups excluding carboxylic acids is 2. The van der Waals surface area contributed by atoms with Gasteiger partial charge in [0.1, 0.15) is 11.4 Å². The third-order valence-electron chi connectivity index (χ3n) is 5.02. The predicted molar refractivity (Wildman–Crippen MR) is 135 cm³/mol. The molecule has 1 aliphatic rings. The molecule has 0 bridgehead atoms. The molecule has 0 atom stereocenters. The summed E-state index contributed by atoms with van der Waals surface area (Å²) in [4.78, 5) is 28.6. The van der Waals surface area contributed by atoms with E-state index in [1.54, 1.807) is 18.1 Å². The lowest BCUT2D eigenvalue weighted by molar-refractivity contribution is -0.111. The summed E-state index contributed by atoms with van der Waals surface area (Å²) in [5.41, 5.74) is 1.96. The van der Waals surface area contributed by atoms with Crippen molar-refractivity contribution >= 4 is 45.4 Å². The van der Waals surface area contributed by atoms with E-state index in [1.165, 1.54) is 6.08 Å². The summed E-state index contributed by atoms with van der Waals surface area (Å²) in [5, 5.41) is 2.91. The van der Waals surface area contributed by atoms with Crippen molar-refractivity contribution < 1.29 is 19.1 Å². The van der Waals surface area contributed by atoms with E-state index in [2.05, 4.69) is 26.1 Å². The summed E-state index contributed by atoms with van der Waals surface area (Å²) < 4.78 is 12.0. The summed E-state index contributed by atoms with van der Waals surface area (Å²) in [7, 11) is 1.62. The lowest BCUT2D eigenvalue weighted by Crippen LogP contribution is -2.50. The van der Waals surface area contributed by atoms with Gasteiger partial charge >= 0.3 is 6.09 Å². The van der Waals surface area contributed by atoms with Crippen LogP contribution < -0.4 is 15.0 Å². The molecule has 0 saturated carbocycles. The van der Waals surface area contributed by atoms with E-state index in [4.69, 9.17) is 9.47 Å². The zero-order chi connectivity index (χ0) is 24.0. The molecule has 1 heterocycles. The molecule has 2 aromatic carbocycles. The van der Waals surface area contributed by atoms with Crippen molar-refractivity contribution in [2.75, 3.05) is 43.5 Å². The molecule has 0 aliphatic carbocycles. The number of anilines is 2. The molecule has 0 unspecified atom stereocenters. The maximum Gasteiger partial charge on any atom is 0.410 e. The van der Waals surface area contributed by atoms with E-state index in [0.717, 1.165) is 15.7 Å². The molecule has 1 saturated heterocycles. The number of amides is 2. The number of piperazine rings is 1. The van der Waals surface area contributed by atoms with Crippen LogP contribution in [0.1, 0.15) is 26.3 Å². The molecule has 176 valence electrons. The minimum atomic E-state index is -0.518. The van der Waals surface area contributed by atoms with Crippen molar-refractivity contribution in [1.29, 1.82) is 0 Å². The average Bonchev–Trinajstić information content (AvgIpc) is 2.77. The largest absolute Gasteiger partial charge is 0.495 e. The van der Waals surface area contributed by atoms with Crippen LogP contribution in [0.4, 0.5) is 16.2 Å². The minimum Gasteiger partial charge on any atom is -0.495 e. The lowest BCUT2D eigenvalue weighted by atomic mass is 10.2. The summed E-state index contributed by atoms with van der Waals surface area (Å²) in [5.74, 6) is 0.493. The van der Waals surface area contributed by atoms with Crippen LogP contribution in [0.25, 0.3) is 6.08 Å². The van der Waals surface area contributed by atoms with Gasteiger partial charge in [-0.15, -0.1) is 0 Å². The number of halogens is 1. The maximum absolute atomic E-state index is 12.4. The molecule has 1 aliphatic heterocycles. The first kappa shape index (κ1) is 24.6. The number of nitrogens with one attached hydrogen (secondary N) is 1. The van der Waals surface area contributed by atoms with Crippen molar-refractivity contribution in [3.8, 4) is 5.75 Å². The number of ether oxygens (including phenoxy) is 2. The standard InChI is InChI=1S/C25H30BrN3O4/c1-25(2,3)33-24(31)29-15-13-28(14-16-29)21-17-20(10-11-22(21)32-4)27-23(30)12-7-18-5-8-19(26)9-6-18/h5-12,17H,13-16H2,1-4H3,(H,27,30)/b12-7+. The van der Waals surface area contributed by atoms with Crippen LogP contribution in [0.3, 0.4) is 0 Å². The van der Waals surface area contributed by atoms with Crippen molar-refractivity contribution in [2.45, 2.75) is 26.4 Å². The Morgan fingerprint density at radius 2 is 1.70 bits per heavy atom. The molecule has 0 radical (unpaired) electrons. The van der Waals surface area contributed by atoms with Gasteiger partial charge in [-0.2, -0.15) is 0 Å². The van der Waals surface area contributed by atoms with Crippen molar-refractivity contribution in [3.63, 3.8) is 0 Å². The molecule has 1 N–H and O–H groups in total. The number of carbonyl (C=O) groups is 2. The van der Waals surface area contributed by atoms with Crippen LogP contribution >= 0.6 is 15.9 Å². The molecule has 1 fully saturated rings. The fourth-order valence-corrected chi connectivity index (χ4v) is 3.67. The first-order valence-corrected chi connectivity index (χ1v) is 11.6. The van der Waals surface area contributed by atoms with E-state index in [0.29, 0.717) is 37.6 Å². The second kappa shape index (κ2) is 10.7. The Morgan fingerprint density at radius 3 is 2.30 bits per heavy atom. The SMILES string of the molecule is COc1ccc(NC(=O)/C=C/c2ccc(Br)cc2)cc1N1CCN(C(=O)OC(C)(C)C)CC1. The first-order chi connectivity index (χ1) is 15.6. The molecule has 8 heteroatoms. The van der Waals surface area contributed by atoms with Gasteiger partial charge in [0.2, 0.25) is 5.91 Å². The van der Waals surface area contributed by atoms with Gasteiger partial charge in [0, 0.05) is 42.4 Å². The average molecular weight is 516 g/mol. The van der Waals surface area contributed by atoms with E-state index in [9.17, 15) is 9.59 Å². The first-order valence-electron chi connectivity index (χ1n) is 10.8. The lowest BCUT2D eigenvalue weighted by Gasteiger charge is -2.37. The second-order valence-corrected chi connectivity index (χ2v) is 9.63. The normalized spacial score (nSPS) is 14.3. The third-order valence-corrected chi connectivity index (χ3v) is 5.54. The molecule has 0 spiro atoms. The van der Waals surface area contributed by atoms with Gasteiger partial charge < -0.3 is 24.6 Å². The van der Waals surface area contributed by atoms with Crippen LogP contribution in [0.5, 0.6) is 5.75 Å². The van der Waals surface area contributed by atoms with Gasteiger partial charge in [-0.3, -0.25) is 4.79 Å². The Labute approximate surface area is 203 Å². The van der Waals surface area contributed by atoms with Crippen LogP contribution in [0.15, 0.2) is 53.0 Å². The quantitative estimate of drug-likeness (QED) is 0.556. The van der Waals surface area contributed by atoms with Crippen LogP contribution in [0.2, 0.25) is 0 Å². The van der Waals surface area contributed by atoms with Crippen molar-refractivity contribution in [3.05, 3.63) is 58.6 Å². The summed E-state index contributed by atoms with van der Waals surface area (Å²) in [6, 6.07) is 13.2. The summed E-state index contributed by atoms with van der Waals surface area (Å²) in [6.45, 7) is 7.95. The van der Waals surface area contributed by atoms with Gasteiger partial charge in [0.15, 0.2) is 0 Å². The topological polar surface area (TPSA) is 71.1 Å². The van der Waals surface area contributed by atoms with Crippen LogP contribution in [0, 0.1) is 0 Å². The van der Waals surface area contributed by atoms with Crippen molar-refractivity contribution in [2.24, 2.45) is 0 Å². The molecule has 2 amide bonds. The van der Waals surface area contributed by atoms with Gasteiger partial charge in [0.25, 0.3) is 0 Å². The fourth-order valence-electron chi connectivity index (χ4n) is 3.40. The third kappa shape index (κ3) is 7.25. The second-order valence-electron chi connectivity index (χ2n) is 8.72. The predicted octanol–water partition coefficient (Wildman–Crippen LogP) is 5.17. The number of rotatable bonds is 5. The number of hydrogen-bond donors (Lipinski definition) is 1. The zero-order valence-electron chi connectivity index (χ0n) is 19.4. The van der Waals surface area contributed by atoms with Gasteiger partial charge in [-0.1, -0.05) is 28.1 Å². The highest BCUT2D eigenvalue weighted by atomic mass is 79.9. The maximum atomic E-state index is 12.4. The Morgan fingerprint density at radius 1 is 1.03 bits per heavy atom. The molecule has 0 aromatic heterocycles. The number of benzene rings is 2. The fraction of sp³-hybridized carbons (Fsp3) is 0.360. The number of methoxy groups -OCH3 is 1. The minimum absolute atomic E-state index is 0.219. The van der Waals surface area contributed by atoms with Crippen molar-refractivity contribution in [1.82, 2.24) is 4.90 Å². The highest BCUT2D eigenvalue weighted by Crippen LogP contribution is 2.32. The highest BCUT2D eigenvalue weighted by Gasteiger charge is 2.27. The Hall–Kier alpha value is -3.00. The Bertz CT molecular complexity index is 1010. The zero-order valence-corrected chi connectivity index (χ0v) is 21.0. The van der Waals surface area contributed by atoms with E-state index < -0.39 is 5.60 Å². The highest BCUT2D eigenvalue weighted by molar-refractivity contribution is 9.10. The van der Waals surface area contributed by atoms with Gasteiger partial charge in [-0.05, 0) is 62.7 Å². The van der Waals surface area contributed by atoms with E-state index in [-0.39, 0.29) is 12.0 Å². The van der Waals surface area contributed by atoms with E-state index >= 15 is 0 Å². The molecular formula is C25H30BrN3O4. The Kier molecular flexibility index (Phi) is 8.02. The molecule has 2 aromatic rings. The molecule has 33 heavy (non-hydrogen) atoms.